The molecule has 0 atom stereocenters. The van der Waals surface area contributed by atoms with Gasteiger partial charge in [0.25, 0.3) is 5.91 Å². The number of carbonyl (C=O) groups excluding carboxylic acids is 1. The highest BCUT2D eigenvalue weighted by Gasteiger charge is 2.30. The zero-order valence-corrected chi connectivity index (χ0v) is 16.4. The van der Waals surface area contributed by atoms with Crippen LogP contribution in [-0.2, 0) is 10.0 Å². The van der Waals surface area contributed by atoms with E-state index in [0.29, 0.717) is 6.54 Å². The monoisotopic (exact) mass is 397 g/mol. The largest absolute Gasteiger partial charge is 0.352 e. The van der Waals surface area contributed by atoms with Crippen molar-refractivity contribution in [3.63, 3.8) is 0 Å². The maximum atomic E-state index is 14.0. The minimum atomic E-state index is -3.94. The first-order valence-corrected chi connectivity index (χ1v) is 11.3. The third kappa shape index (κ3) is 5.99. The Morgan fingerprint density at radius 3 is 2.52 bits per heavy atom. The number of rotatable bonds is 8. The van der Waals surface area contributed by atoms with Gasteiger partial charge in [-0.3, -0.25) is 4.79 Å². The van der Waals surface area contributed by atoms with Crippen LogP contribution in [0.25, 0.3) is 0 Å². The fraction of sp³-hybridized carbons (Fsp3) is 0.632. The summed E-state index contributed by atoms with van der Waals surface area (Å²) >= 11 is 0. The SMILES string of the molecule is O=C(NCCCN1CCCCCC1)c1ccc(F)c(S(=O)(=O)NC2CC2)c1. The lowest BCUT2D eigenvalue weighted by Gasteiger charge is -2.19. The van der Waals surface area contributed by atoms with E-state index in [2.05, 4.69) is 14.9 Å². The Kier molecular flexibility index (Phi) is 6.83. The molecule has 1 amide bonds. The Bertz CT molecular complexity index is 757. The number of nitrogens with zero attached hydrogens (tertiary/aromatic N) is 1. The van der Waals surface area contributed by atoms with Crippen LogP contribution in [0.5, 0.6) is 0 Å². The Labute approximate surface area is 160 Å². The number of nitrogens with one attached hydrogen (secondary N) is 2. The first kappa shape index (κ1) is 20.2. The van der Waals surface area contributed by atoms with Crippen LogP contribution >= 0.6 is 0 Å². The second-order valence-electron chi connectivity index (χ2n) is 7.41. The number of halogens is 1. The first-order valence-electron chi connectivity index (χ1n) is 9.78. The summed E-state index contributed by atoms with van der Waals surface area (Å²) in [6.07, 6.45) is 7.40. The molecule has 2 N–H and O–H groups in total. The molecule has 1 aliphatic heterocycles. The van der Waals surface area contributed by atoms with E-state index < -0.39 is 20.7 Å². The fourth-order valence-electron chi connectivity index (χ4n) is 3.30. The van der Waals surface area contributed by atoms with Gasteiger partial charge in [-0.1, -0.05) is 12.8 Å². The molecular weight excluding hydrogens is 369 g/mol. The van der Waals surface area contributed by atoms with Gasteiger partial charge in [-0.2, -0.15) is 0 Å². The van der Waals surface area contributed by atoms with Crippen LogP contribution < -0.4 is 10.0 Å². The molecule has 0 unspecified atom stereocenters. The molecule has 1 aliphatic carbocycles. The Morgan fingerprint density at radius 2 is 1.85 bits per heavy atom. The van der Waals surface area contributed by atoms with Gasteiger partial charge in [0.1, 0.15) is 10.7 Å². The lowest BCUT2D eigenvalue weighted by atomic mass is 10.2. The number of carbonyl (C=O) groups is 1. The van der Waals surface area contributed by atoms with E-state index in [1.165, 1.54) is 31.7 Å². The van der Waals surface area contributed by atoms with Gasteiger partial charge in [0.05, 0.1) is 0 Å². The number of hydrogen-bond donors (Lipinski definition) is 2. The predicted molar refractivity (Wildman–Crippen MR) is 102 cm³/mol. The third-order valence-electron chi connectivity index (χ3n) is 5.02. The van der Waals surface area contributed by atoms with Crippen LogP contribution in [0.15, 0.2) is 23.1 Å². The van der Waals surface area contributed by atoms with Crippen molar-refractivity contribution in [2.75, 3.05) is 26.2 Å². The first-order chi connectivity index (χ1) is 13.0. The van der Waals surface area contributed by atoms with E-state index in [4.69, 9.17) is 0 Å². The smallest absolute Gasteiger partial charge is 0.251 e. The van der Waals surface area contributed by atoms with Gasteiger partial charge in [-0.25, -0.2) is 17.5 Å². The van der Waals surface area contributed by atoms with Gasteiger partial charge in [0.15, 0.2) is 0 Å². The fourth-order valence-corrected chi connectivity index (χ4v) is 4.71. The molecule has 8 heteroatoms. The summed E-state index contributed by atoms with van der Waals surface area (Å²) in [5.41, 5.74) is 0.155. The molecule has 3 rings (SSSR count). The highest BCUT2D eigenvalue weighted by Crippen LogP contribution is 2.24. The van der Waals surface area contributed by atoms with Gasteiger partial charge in [0.2, 0.25) is 10.0 Å². The normalized spacial score (nSPS) is 18.9. The molecule has 2 aliphatic rings. The summed E-state index contributed by atoms with van der Waals surface area (Å²) in [5, 5.41) is 2.80. The van der Waals surface area contributed by atoms with Gasteiger partial charge in [0, 0.05) is 18.2 Å². The number of sulfonamides is 1. The lowest BCUT2D eigenvalue weighted by Crippen LogP contribution is -2.31. The molecule has 1 aromatic rings. The molecule has 1 heterocycles. The van der Waals surface area contributed by atoms with Crippen molar-refractivity contribution in [3.05, 3.63) is 29.6 Å². The van der Waals surface area contributed by atoms with E-state index in [1.807, 2.05) is 0 Å². The molecule has 6 nitrogen and oxygen atoms in total. The Morgan fingerprint density at radius 1 is 1.15 bits per heavy atom. The molecule has 150 valence electrons. The van der Waals surface area contributed by atoms with E-state index in [0.717, 1.165) is 51.0 Å². The number of hydrogen-bond acceptors (Lipinski definition) is 4. The molecule has 0 radical (unpaired) electrons. The Balaban J connectivity index is 1.52. The maximum absolute atomic E-state index is 14.0. The minimum absolute atomic E-state index is 0.120. The lowest BCUT2D eigenvalue weighted by molar-refractivity contribution is 0.0951. The van der Waals surface area contributed by atoms with Crippen LogP contribution in [0, 0.1) is 5.82 Å². The highest BCUT2D eigenvalue weighted by atomic mass is 32.2. The number of amides is 1. The molecule has 1 aromatic carbocycles. The average Bonchev–Trinajstić information content (AvgIpc) is 3.46. The molecule has 2 fully saturated rings. The minimum Gasteiger partial charge on any atom is -0.352 e. The second-order valence-corrected chi connectivity index (χ2v) is 9.09. The van der Waals surface area contributed by atoms with E-state index in [1.54, 1.807) is 0 Å². The zero-order chi connectivity index (χ0) is 19.3. The highest BCUT2D eigenvalue weighted by molar-refractivity contribution is 7.89. The van der Waals surface area contributed by atoms with Crippen molar-refractivity contribution in [1.82, 2.24) is 14.9 Å². The quantitative estimate of drug-likeness (QED) is 0.660. The standard InChI is InChI=1S/C19H28FN3O3S/c20-17-9-6-15(14-18(17)27(25,26)22-16-7-8-16)19(24)21-10-5-13-23-11-3-1-2-4-12-23/h6,9,14,16,22H,1-5,7-8,10-13H2,(H,21,24). The van der Waals surface area contributed by atoms with Crippen molar-refractivity contribution in [2.24, 2.45) is 0 Å². The third-order valence-corrected chi connectivity index (χ3v) is 6.55. The van der Waals surface area contributed by atoms with E-state index in [9.17, 15) is 17.6 Å². The van der Waals surface area contributed by atoms with Gasteiger partial charge < -0.3 is 10.2 Å². The van der Waals surface area contributed by atoms with E-state index >= 15 is 0 Å². The summed E-state index contributed by atoms with van der Waals surface area (Å²) in [7, 11) is -3.94. The predicted octanol–water partition coefficient (Wildman–Crippen LogP) is 2.26. The van der Waals surface area contributed by atoms with Crippen LogP contribution in [0.3, 0.4) is 0 Å². The Hall–Kier alpha value is -1.51. The number of benzene rings is 1. The summed E-state index contributed by atoms with van der Waals surface area (Å²) in [6, 6.07) is 3.35. The molecular formula is C19H28FN3O3S. The maximum Gasteiger partial charge on any atom is 0.251 e. The van der Waals surface area contributed by atoms with Crippen LogP contribution in [0.1, 0.15) is 55.3 Å². The van der Waals surface area contributed by atoms with Crippen molar-refractivity contribution in [3.8, 4) is 0 Å². The molecule has 0 bridgehead atoms. The van der Waals surface area contributed by atoms with E-state index in [-0.39, 0.29) is 17.5 Å². The molecule has 1 saturated heterocycles. The second kappa shape index (κ2) is 9.12. The van der Waals surface area contributed by atoms with Gasteiger partial charge in [-0.05, 0) is 69.9 Å². The van der Waals surface area contributed by atoms with Crippen LogP contribution in [0.2, 0.25) is 0 Å². The zero-order valence-electron chi connectivity index (χ0n) is 15.5. The number of likely N-dealkylation sites (tertiary alicyclic amines) is 1. The molecule has 0 aromatic heterocycles. The molecule has 0 spiro atoms. The van der Waals surface area contributed by atoms with Crippen molar-refractivity contribution < 1.29 is 17.6 Å². The molecule has 27 heavy (non-hydrogen) atoms. The van der Waals surface area contributed by atoms with Gasteiger partial charge in [-0.15, -0.1) is 0 Å². The average molecular weight is 398 g/mol. The summed E-state index contributed by atoms with van der Waals surface area (Å²) in [6.45, 7) is 3.67. The van der Waals surface area contributed by atoms with Crippen molar-refractivity contribution in [1.29, 1.82) is 0 Å². The van der Waals surface area contributed by atoms with Crippen LogP contribution in [0.4, 0.5) is 4.39 Å². The van der Waals surface area contributed by atoms with Gasteiger partial charge >= 0.3 is 0 Å². The summed E-state index contributed by atoms with van der Waals surface area (Å²) in [4.78, 5) is 14.3. The topological polar surface area (TPSA) is 78.5 Å². The van der Waals surface area contributed by atoms with Crippen LogP contribution in [-0.4, -0.2) is 51.4 Å². The van der Waals surface area contributed by atoms with Crippen molar-refractivity contribution in [2.45, 2.75) is 55.9 Å². The molecule has 1 saturated carbocycles. The van der Waals surface area contributed by atoms with Crippen molar-refractivity contribution >= 4 is 15.9 Å². The summed E-state index contributed by atoms with van der Waals surface area (Å²) in [5.74, 6) is -1.23. The summed E-state index contributed by atoms with van der Waals surface area (Å²) < 4.78 is 40.9.